The van der Waals surface area contributed by atoms with Gasteiger partial charge in [-0.1, -0.05) is 5.16 Å². The van der Waals surface area contributed by atoms with Crippen LogP contribution in [0.1, 0.15) is 56.8 Å². The first-order valence-electron chi connectivity index (χ1n) is 7.66. The van der Waals surface area contributed by atoms with Crippen LogP contribution >= 0.6 is 11.3 Å². The van der Waals surface area contributed by atoms with Crippen LogP contribution < -0.4 is 5.32 Å². The van der Waals surface area contributed by atoms with Crippen molar-refractivity contribution in [2.24, 2.45) is 0 Å². The zero-order chi connectivity index (χ0) is 16.4. The summed E-state index contributed by atoms with van der Waals surface area (Å²) in [5.41, 5.74) is 1.72. The van der Waals surface area contributed by atoms with Crippen molar-refractivity contribution in [1.82, 2.24) is 5.16 Å². The summed E-state index contributed by atoms with van der Waals surface area (Å²) in [4.78, 5) is 25.8. The normalized spacial score (nSPS) is 13.5. The van der Waals surface area contributed by atoms with Crippen molar-refractivity contribution in [3.05, 3.63) is 33.5 Å². The zero-order valence-electron chi connectivity index (χ0n) is 13.1. The Balaban J connectivity index is 1.93. The lowest BCUT2D eigenvalue weighted by Crippen LogP contribution is -2.16. The number of esters is 1. The van der Waals surface area contributed by atoms with E-state index in [1.165, 1.54) is 11.3 Å². The van der Waals surface area contributed by atoms with Crippen LogP contribution in [0.4, 0.5) is 5.00 Å². The molecule has 1 aliphatic rings. The van der Waals surface area contributed by atoms with Gasteiger partial charge in [0.25, 0.3) is 5.91 Å². The second kappa shape index (κ2) is 6.54. The Labute approximate surface area is 137 Å². The van der Waals surface area contributed by atoms with E-state index in [4.69, 9.17) is 9.26 Å². The molecule has 1 aliphatic carbocycles. The topological polar surface area (TPSA) is 81.4 Å². The van der Waals surface area contributed by atoms with Gasteiger partial charge in [0.1, 0.15) is 10.8 Å². The van der Waals surface area contributed by atoms with Crippen LogP contribution in [0, 0.1) is 6.92 Å². The molecule has 2 heterocycles. The van der Waals surface area contributed by atoms with Crippen LogP contribution in [0.15, 0.2) is 10.6 Å². The van der Waals surface area contributed by atoms with Gasteiger partial charge in [0.15, 0.2) is 5.69 Å². The summed E-state index contributed by atoms with van der Waals surface area (Å²) in [5.74, 6) is -0.198. The van der Waals surface area contributed by atoms with E-state index >= 15 is 0 Å². The summed E-state index contributed by atoms with van der Waals surface area (Å²) < 4.78 is 10.1. The Morgan fingerprint density at radius 2 is 2.17 bits per heavy atom. The molecule has 0 radical (unpaired) electrons. The van der Waals surface area contributed by atoms with Gasteiger partial charge < -0.3 is 14.6 Å². The Morgan fingerprint density at radius 1 is 1.39 bits per heavy atom. The van der Waals surface area contributed by atoms with Crippen molar-refractivity contribution in [3.8, 4) is 0 Å². The van der Waals surface area contributed by atoms with E-state index < -0.39 is 0 Å². The quantitative estimate of drug-likeness (QED) is 0.867. The molecule has 3 rings (SSSR count). The van der Waals surface area contributed by atoms with Crippen molar-refractivity contribution >= 4 is 28.2 Å². The lowest BCUT2D eigenvalue weighted by Gasteiger charge is -2.12. The number of fused-ring (bicyclic) bond motifs is 1. The molecule has 122 valence electrons. The van der Waals surface area contributed by atoms with E-state index in [1.54, 1.807) is 19.9 Å². The first-order valence-corrected chi connectivity index (χ1v) is 8.48. The number of carbonyl (C=O) groups is 2. The highest BCUT2D eigenvalue weighted by atomic mass is 32.1. The second-order valence-corrected chi connectivity index (χ2v) is 6.52. The Bertz CT molecular complexity index is 747. The SMILES string of the molecule is CCOC(=O)c1c(NC(=O)c2cc(C)on2)sc2c1CCCC2. The smallest absolute Gasteiger partial charge is 0.341 e. The third kappa shape index (κ3) is 3.14. The van der Waals surface area contributed by atoms with Gasteiger partial charge in [0.2, 0.25) is 0 Å². The summed E-state index contributed by atoms with van der Waals surface area (Å²) in [6, 6.07) is 1.56. The maximum absolute atomic E-state index is 12.3. The number of nitrogens with zero attached hydrogens (tertiary/aromatic N) is 1. The largest absolute Gasteiger partial charge is 0.462 e. The van der Waals surface area contributed by atoms with Crippen LogP contribution in [-0.4, -0.2) is 23.6 Å². The van der Waals surface area contributed by atoms with E-state index in [-0.39, 0.29) is 17.6 Å². The maximum Gasteiger partial charge on any atom is 0.341 e. The molecular weight excluding hydrogens is 316 g/mol. The summed E-state index contributed by atoms with van der Waals surface area (Å²) >= 11 is 1.45. The zero-order valence-corrected chi connectivity index (χ0v) is 13.9. The highest BCUT2D eigenvalue weighted by molar-refractivity contribution is 7.17. The van der Waals surface area contributed by atoms with E-state index in [0.29, 0.717) is 22.9 Å². The fraction of sp³-hybridized carbons (Fsp3) is 0.438. The number of carbonyl (C=O) groups excluding carboxylic acids is 2. The molecule has 0 atom stereocenters. The van der Waals surface area contributed by atoms with Crippen molar-refractivity contribution < 1.29 is 18.8 Å². The van der Waals surface area contributed by atoms with E-state index in [2.05, 4.69) is 10.5 Å². The van der Waals surface area contributed by atoms with Crippen LogP contribution in [-0.2, 0) is 17.6 Å². The number of hydrogen-bond acceptors (Lipinski definition) is 6. The minimum Gasteiger partial charge on any atom is -0.462 e. The first kappa shape index (κ1) is 15.7. The van der Waals surface area contributed by atoms with E-state index in [1.807, 2.05) is 0 Å². The van der Waals surface area contributed by atoms with Crippen molar-refractivity contribution in [2.75, 3.05) is 11.9 Å². The molecule has 0 fully saturated rings. The first-order chi connectivity index (χ1) is 11.1. The molecule has 0 bridgehead atoms. The summed E-state index contributed by atoms with van der Waals surface area (Å²) in [6.07, 6.45) is 3.93. The van der Waals surface area contributed by atoms with Gasteiger partial charge in [-0.3, -0.25) is 4.79 Å². The monoisotopic (exact) mass is 334 g/mol. The third-order valence-corrected chi connectivity index (χ3v) is 4.95. The standard InChI is InChI=1S/C16H18N2O4S/c1-3-21-16(20)13-10-6-4-5-7-12(10)23-15(13)17-14(19)11-8-9(2)22-18-11/h8H,3-7H2,1-2H3,(H,17,19). The number of rotatable bonds is 4. The molecule has 0 unspecified atom stereocenters. The van der Waals surface area contributed by atoms with Crippen molar-refractivity contribution in [3.63, 3.8) is 0 Å². The van der Waals surface area contributed by atoms with E-state index in [9.17, 15) is 9.59 Å². The fourth-order valence-corrected chi connectivity index (χ4v) is 3.99. The minimum atomic E-state index is -0.383. The van der Waals surface area contributed by atoms with Gasteiger partial charge in [0.05, 0.1) is 12.2 Å². The van der Waals surface area contributed by atoms with Gasteiger partial charge in [-0.2, -0.15) is 0 Å². The number of ether oxygens (including phenoxy) is 1. The molecular formula is C16H18N2O4S. The van der Waals surface area contributed by atoms with Crippen LogP contribution in [0.3, 0.4) is 0 Å². The molecule has 0 spiro atoms. The van der Waals surface area contributed by atoms with Gasteiger partial charge in [-0.25, -0.2) is 4.79 Å². The number of nitrogens with one attached hydrogen (secondary N) is 1. The molecule has 0 aliphatic heterocycles. The Hall–Kier alpha value is -2.15. The van der Waals surface area contributed by atoms with E-state index in [0.717, 1.165) is 36.1 Å². The fourth-order valence-electron chi connectivity index (χ4n) is 2.71. The number of thiophene rings is 1. The summed E-state index contributed by atoms with van der Waals surface area (Å²) in [6.45, 7) is 3.80. The molecule has 0 aromatic carbocycles. The van der Waals surface area contributed by atoms with Crippen molar-refractivity contribution in [1.29, 1.82) is 0 Å². The minimum absolute atomic E-state index is 0.198. The molecule has 1 N–H and O–H groups in total. The maximum atomic E-state index is 12.3. The number of amides is 1. The molecule has 1 amide bonds. The highest BCUT2D eigenvalue weighted by Gasteiger charge is 2.27. The molecule has 7 heteroatoms. The second-order valence-electron chi connectivity index (χ2n) is 5.41. The molecule has 0 saturated heterocycles. The molecule has 23 heavy (non-hydrogen) atoms. The van der Waals surface area contributed by atoms with Gasteiger partial charge in [-0.15, -0.1) is 11.3 Å². The number of aromatic nitrogens is 1. The number of aryl methyl sites for hydroxylation is 2. The lowest BCUT2D eigenvalue weighted by molar-refractivity contribution is 0.0526. The Kier molecular flexibility index (Phi) is 4.47. The summed E-state index contributed by atoms with van der Waals surface area (Å²) in [7, 11) is 0. The van der Waals surface area contributed by atoms with Gasteiger partial charge >= 0.3 is 5.97 Å². The third-order valence-electron chi connectivity index (χ3n) is 3.74. The predicted molar refractivity (Wildman–Crippen MR) is 86.1 cm³/mol. The number of hydrogen-bond donors (Lipinski definition) is 1. The van der Waals surface area contributed by atoms with Crippen LogP contribution in [0.2, 0.25) is 0 Å². The predicted octanol–water partition coefficient (Wildman–Crippen LogP) is 3.35. The lowest BCUT2D eigenvalue weighted by atomic mass is 9.95. The molecule has 2 aromatic heterocycles. The van der Waals surface area contributed by atoms with Crippen molar-refractivity contribution in [2.45, 2.75) is 39.5 Å². The molecule has 2 aromatic rings. The van der Waals surface area contributed by atoms with Crippen LogP contribution in [0.5, 0.6) is 0 Å². The molecule has 0 saturated carbocycles. The summed E-state index contributed by atoms with van der Waals surface area (Å²) in [5, 5.41) is 7.04. The van der Waals surface area contributed by atoms with Crippen LogP contribution in [0.25, 0.3) is 0 Å². The average molecular weight is 334 g/mol. The van der Waals surface area contributed by atoms with Gasteiger partial charge in [-0.05, 0) is 45.1 Å². The number of anilines is 1. The highest BCUT2D eigenvalue weighted by Crippen LogP contribution is 2.38. The Morgan fingerprint density at radius 3 is 2.87 bits per heavy atom. The average Bonchev–Trinajstić information content (AvgIpc) is 3.10. The van der Waals surface area contributed by atoms with Gasteiger partial charge in [0, 0.05) is 10.9 Å². The molecule has 6 nitrogen and oxygen atoms in total.